The first-order valence-electron chi connectivity index (χ1n) is 8.84. The van der Waals surface area contributed by atoms with Crippen LogP contribution in [0.2, 0.25) is 0 Å². The molecule has 2 rings (SSSR count). The van der Waals surface area contributed by atoms with Crippen molar-refractivity contribution in [2.75, 3.05) is 22.4 Å². The molecule has 0 saturated carbocycles. The molecule has 0 spiro atoms. The number of benzene rings is 2. The van der Waals surface area contributed by atoms with Gasteiger partial charge in [0.2, 0.25) is 10.0 Å². The first kappa shape index (κ1) is 20.8. The minimum absolute atomic E-state index is 0.000250. The van der Waals surface area contributed by atoms with Crippen molar-refractivity contribution in [1.82, 2.24) is 0 Å². The molecule has 0 radical (unpaired) electrons. The van der Waals surface area contributed by atoms with Gasteiger partial charge in [-0.05, 0) is 61.2 Å². The van der Waals surface area contributed by atoms with Gasteiger partial charge in [0.05, 0.1) is 5.75 Å². The fourth-order valence-electron chi connectivity index (χ4n) is 2.34. The molecule has 0 aliphatic carbocycles. The van der Waals surface area contributed by atoms with Crippen LogP contribution in [0.5, 0.6) is 5.75 Å². The molecule has 6 nitrogen and oxygen atoms in total. The number of amides is 1. The Kier molecular flexibility index (Phi) is 6.85. The number of nitrogens with one attached hydrogen (secondary N) is 2. The second-order valence-electron chi connectivity index (χ2n) is 6.60. The van der Waals surface area contributed by atoms with Gasteiger partial charge in [0, 0.05) is 11.4 Å². The molecule has 146 valence electrons. The third-order valence-corrected chi connectivity index (χ3v) is 5.37. The Morgan fingerprint density at radius 1 is 1.07 bits per heavy atom. The van der Waals surface area contributed by atoms with E-state index in [1.165, 1.54) is 0 Å². The first-order valence-corrected chi connectivity index (χ1v) is 10.5. The van der Waals surface area contributed by atoms with E-state index in [0.717, 1.165) is 11.1 Å². The lowest BCUT2D eigenvalue weighted by atomic mass is 10.0. The van der Waals surface area contributed by atoms with Gasteiger partial charge in [-0.2, -0.15) is 0 Å². The molecule has 7 heteroatoms. The minimum atomic E-state index is -3.32. The maximum Gasteiger partial charge on any atom is 0.262 e. The highest BCUT2D eigenvalue weighted by Crippen LogP contribution is 2.24. The normalized spacial score (nSPS) is 11.3. The molecule has 0 fully saturated rings. The van der Waals surface area contributed by atoms with Gasteiger partial charge in [0.1, 0.15) is 5.75 Å². The summed E-state index contributed by atoms with van der Waals surface area (Å²) in [6, 6.07) is 12.5. The highest BCUT2D eigenvalue weighted by atomic mass is 32.2. The van der Waals surface area contributed by atoms with Crippen LogP contribution >= 0.6 is 0 Å². The van der Waals surface area contributed by atoms with Gasteiger partial charge >= 0.3 is 0 Å². The maximum atomic E-state index is 12.1. The van der Waals surface area contributed by atoms with Gasteiger partial charge in [-0.15, -0.1) is 0 Å². The Morgan fingerprint density at radius 3 is 2.30 bits per heavy atom. The molecular formula is C20H26N2O4S. The van der Waals surface area contributed by atoms with E-state index < -0.39 is 10.0 Å². The Morgan fingerprint density at radius 2 is 1.70 bits per heavy atom. The summed E-state index contributed by atoms with van der Waals surface area (Å²) in [4.78, 5) is 12.1. The van der Waals surface area contributed by atoms with Gasteiger partial charge in [-0.25, -0.2) is 8.42 Å². The molecule has 0 atom stereocenters. The molecule has 0 unspecified atom stereocenters. The van der Waals surface area contributed by atoms with Crippen molar-refractivity contribution in [3.05, 3.63) is 53.6 Å². The summed E-state index contributed by atoms with van der Waals surface area (Å²) < 4.78 is 31.2. The van der Waals surface area contributed by atoms with Crippen LogP contribution < -0.4 is 14.8 Å². The molecule has 1 amide bonds. The van der Waals surface area contributed by atoms with E-state index in [4.69, 9.17) is 4.74 Å². The van der Waals surface area contributed by atoms with Crippen LogP contribution in [0.4, 0.5) is 11.4 Å². The van der Waals surface area contributed by atoms with Crippen LogP contribution in [0.25, 0.3) is 0 Å². The molecule has 0 saturated heterocycles. The molecular weight excluding hydrogens is 364 g/mol. The first-order chi connectivity index (χ1) is 12.7. The van der Waals surface area contributed by atoms with E-state index in [9.17, 15) is 13.2 Å². The molecule has 2 aromatic carbocycles. The average Bonchev–Trinajstić information content (AvgIpc) is 2.62. The van der Waals surface area contributed by atoms with Crippen LogP contribution in [0.3, 0.4) is 0 Å². The lowest BCUT2D eigenvalue weighted by molar-refractivity contribution is -0.118. The second kappa shape index (κ2) is 8.90. The van der Waals surface area contributed by atoms with Crippen molar-refractivity contribution in [2.24, 2.45) is 0 Å². The Balaban J connectivity index is 1.93. The number of hydrogen-bond donors (Lipinski definition) is 2. The highest BCUT2D eigenvalue weighted by Gasteiger charge is 2.09. The molecule has 0 heterocycles. The summed E-state index contributed by atoms with van der Waals surface area (Å²) in [6.07, 6.45) is 0. The number of rotatable bonds is 8. The number of carbonyl (C=O) groups is 1. The van der Waals surface area contributed by atoms with Crippen molar-refractivity contribution < 1.29 is 17.9 Å². The molecule has 0 bridgehead atoms. The van der Waals surface area contributed by atoms with Crippen molar-refractivity contribution >= 4 is 27.3 Å². The fourth-order valence-corrected chi connectivity index (χ4v) is 2.98. The monoisotopic (exact) mass is 390 g/mol. The minimum Gasteiger partial charge on any atom is -0.483 e. The summed E-state index contributed by atoms with van der Waals surface area (Å²) in [5.74, 6) is 0.789. The number of ether oxygens (including phenoxy) is 1. The van der Waals surface area contributed by atoms with E-state index in [1.807, 2.05) is 19.1 Å². The predicted molar refractivity (Wildman–Crippen MR) is 109 cm³/mol. The fraction of sp³-hybridized carbons (Fsp3) is 0.350. The largest absolute Gasteiger partial charge is 0.483 e. The van der Waals surface area contributed by atoms with Crippen molar-refractivity contribution in [3.63, 3.8) is 0 Å². The lowest BCUT2D eigenvalue weighted by Crippen LogP contribution is -2.20. The third-order valence-electron chi connectivity index (χ3n) is 4.06. The summed E-state index contributed by atoms with van der Waals surface area (Å²) in [6.45, 7) is 7.60. The quantitative estimate of drug-likeness (QED) is 0.716. The van der Waals surface area contributed by atoms with E-state index in [0.29, 0.717) is 23.0 Å². The molecule has 27 heavy (non-hydrogen) atoms. The third kappa shape index (κ3) is 6.29. The van der Waals surface area contributed by atoms with E-state index in [2.05, 4.69) is 30.0 Å². The molecule has 2 aromatic rings. The van der Waals surface area contributed by atoms with Crippen LogP contribution in [-0.4, -0.2) is 26.7 Å². The SMILES string of the molecule is CCS(=O)(=O)Nc1ccc(NC(=O)COc2cc(C(C)C)ccc2C)cc1. The number of sulfonamides is 1. The second-order valence-corrected chi connectivity index (χ2v) is 8.61. The standard InChI is InChI=1S/C20H26N2O4S/c1-5-27(24,25)22-18-10-8-17(9-11-18)21-20(23)13-26-19-12-16(14(2)3)7-6-15(19)4/h6-12,14,22H,5,13H2,1-4H3,(H,21,23). The molecule has 0 aliphatic heterocycles. The summed E-state index contributed by atoms with van der Waals surface area (Å²) in [5.41, 5.74) is 3.14. The molecule has 2 N–H and O–H groups in total. The number of anilines is 2. The van der Waals surface area contributed by atoms with Crippen LogP contribution in [-0.2, 0) is 14.8 Å². The number of carbonyl (C=O) groups excluding carboxylic acids is 1. The van der Waals surface area contributed by atoms with Gasteiger partial charge in [-0.1, -0.05) is 26.0 Å². The Hall–Kier alpha value is -2.54. The molecule has 0 aliphatic rings. The van der Waals surface area contributed by atoms with Crippen molar-refractivity contribution in [3.8, 4) is 5.75 Å². The van der Waals surface area contributed by atoms with Gasteiger partial charge in [0.25, 0.3) is 5.91 Å². The van der Waals surface area contributed by atoms with Crippen LogP contribution in [0.1, 0.15) is 37.8 Å². The summed E-state index contributed by atoms with van der Waals surface area (Å²) in [5, 5.41) is 2.73. The smallest absolute Gasteiger partial charge is 0.262 e. The molecule has 0 aromatic heterocycles. The zero-order chi connectivity index (χ0) is 20.0. The number of hydrogen-bond acceptors (Lipinski definition) is 4. The topological polar surface area (TPSA) is 84.5 Å². The summed E-state index contributed by atoms with van der Waals surface area (Å²) in [7, 11) is -3.32. The van der Waals surface area contributed by atoms with Crippen molar-refractivity contribution in [1.29, 1.82) is 0 Å². The highest BCUT2D eigenvalue weighted by molar-refractivity contribution is 7.92. The number of aryl methyl sites for hydroxylation is 1. The Bertz CT molecular complexity index is 891. The predicted octanol–water partition coefficient (Wildman–Crippen LogP) is 3.90. The zero-order valence-electron chi connectivity index (χ0n) is 16.1. The maximum absolute atomic E-state index is 12.1. The van der Waals surface area contributed by atoms with E-state index >= 15 is 0 Å². The summed E-state index contributed by atoms with van der Waals surface area (Å²) >= 11 is 0. The van der Waals surface area contributed by atoms with Crippen molar-refractivity contribution in [2.45, 2.75) is 33.6 Å². The van der Waals surface area contributed by atoms with Crippen LogP contribution in [0, 0.1) is 6.92 Å². The Labute approximate surface area is 161 Å². The van der Waals surface area contributed by atoms with Gasteiger partial charge in [0.15, 0.2) is 6.61 Å². The van der Waals surface area contributed by atoms with E-state index in [-0.39, 0.29) is 18.3 Å². The zero-order valence-corrected chi connectivity index (χ0v) is 16.9. The average molecular weight is 391 g/mol. The van der Waals surface area contributed by atoms with Crippen LogP contribution in [0.15, 0.2) is 42.5 Å². The van der Waals surface area contributed by atoms with Gasteiger partial charge < -0.3 is 10.1 Å². The van der Waals surface area contributed by atoms with E-state index in [1.54, 1.807) is 31.2 Å². The lowest BCUT2D eigenvalue weighted by Gasteiger charge is -2.13. The van der Waals surface area contributed by atoms with Gasteiger partial charge in [-0.3, -0.25) is 9.52 Å².